The molecule has 34 heavy (non-hydrogen) atoms. The number of halogens is 3. The van der Waals surface area contributed by atoms with Crippen LogP contribution in [0.1, 0.15) is 21.5 Å². The molecule has 0 saturated carbocycles. The summed E-state index contributed by atoms with van der Waals surface area (Å²) in [4.78, 5) is 11.5. The Hall–Kier alpha value is -4.14. The molecule has 0 aliphatic rings. The van der Waals surface area contributed by atoms with Crippen molar-refractivity contribution in [2.45, 2.75) is 6.18 Å². The molecule has 0 bridgehead atoms. The van der Waals surface area contributed by atoms with Crippen LogP contribution in [0.2, 0.25) is 0 Å². The molecule has 0 aromatic heterocycles. The van der Waals surface area contributed by atoms with Crippen LogP contribution in [0.5, 0.6) is 28.7 Å². The second kappa shape index (κ2) is 10.7. The first-order chi connectivity index (χ1) is 16.2. The normalized spacial score (nSPS) is 11.3. The second-order valence-corrected chi connectivity index (χ2v) is 6.89. The predicted octanol–water partition coefficient (Wildman–Crippen LogP) is 6.31. The maximum atomic E-state index is 12.6. The SMILES string of the molecule is COc1ccc(C(=O)O)c(OC)c1Oc1cccc(OC/C=C/c2ccc(C(F)(F)F)cc2)c1. The number of methoxy groups -OCH3 is 2. The molecule has 3 aromatic carbocycles. The van der Waals surface area contributed by atoms with E-state index in [0.29, 0.717) is 17.1 Å². The zero-order valence-electron chi connectivity index (χ0n) is 18.3. The Labute approximate surface area is 193 Å². The van der Waals surface area contributed by atoms with Crippen LogP contribution in [0.3, 0.4) is 0 Å². The van der Waals surface area contributed by atoms with Crippen LogP contribution in [0.15, 0.2) is 66.7 Å². The Morgan fingerprint density at radius 3 is 2.26 bits per heavy atom. The molecular formula is C25H21F3O6. The van der Waals surface area contributed by atoms with Crippen molar-refractivity contribution in [2.75, 3.05) is 20.8 Å². The third kappa shape index (κ3) is 6.00. The fraction of sp³-hybridized carbons (Fsp3) is 0.160. The summed E-state index contributed by atoms with van der Waals surface area (Å²) in [5.41, 5.74) is -0.190. The van der Waals surface area contributed by atoms with Crippen molar-refractivity contribution >= 4 is 12.0 Å². The molecule has 1 N–H and O–H groups in total. The Balaban J connectivity index is 1.70. The lowest BCUT2D eigenvalue weighted by molar-refractivity contribution is -0.137. The van der Waals surface area contributed by atoms with Gasteiger partial charge in [-0.1, -0.05) is 24.3 Å². The Kier molecular flexibility index (Phi) is 7.68. The van der Waals surface area contributed by atoms with Crippen molar-refractivity contribution < 1.29 is 42.0 Å². The fourth-order valence-corrected chi connectivity index (χ4v) is 3.03. The summed E-state index contributed by atoms with van der Waals surface area (Å²) in [5.74, 6) is 0.0288. The third-order valence-electron chi connectivity index (χ3n) is 4.65. The van der Waals surface area contributed by atoms with Crippen molar-refractivity contribution in [3.05, 3.63) is 83.4 Å². The molecule has 0 saturated heterocycles. The van der Waals surface area contributed by atoms with Crippen LogP contribution in [0.25, 0.3) is 6.08 Å². The highest BCUT2D eigenvalue weighted by molar-refractivity contribution is 5.92. The van der Waals surface area contributed by atoms with Crippen molar-refractivity contribution in [1.82, 2.24) is 0 Å². The van der Waals surface area contributed by atoms with Gasteiger partial charge in [-0.05, 0) is 48.0 Å². The number of carboxylic acids is 1. The van der Waals surface area contributed by atoms with E-state index < -0.39 is 17.7 Å². The highest BCUT2D eigenvalue weighted by Crippen LogP contribution is 2.43. The van der Waals surface area contributed by atoms with Gasteiger partial charge in [0.25, 0.3) is 0 Å². The molecular weight excluding hydrogens is 453 g/mol. The quantitative estimate of drug-likeness (QED) is 0.392. The average molecular weight is 474 g/mol. The maximum absolute atomic E-state index is 12.6. The van der Waals surface area contributed by atoms with E-state index in [4.69, 9.17) is 18.9 Å². The molecule has 0 radical (unpaired) electrons. The molecule has 0 unspecified atom stereocenters. The summed E-state index contributed by atoms with van der Waals surface area (Å²) in [6.07, 6.45) is -1.06. The Morgan fingerprint density at radius 1 is 0.941 bits per heavy atom. The van der Waals surface area contributed by atoms with Gasteiger partial charge >= 0.3 is 12.1 Å². The van der Waals surface area contributed by atoms with Crippen molar-refractivity contribution in [3.8, 4) is 28.7 Å². The lowest BCUT2D eigenvalue weighted by atomic mass is 10.1. The molecule has 178 valence electrons. The minimum atomic E-state index is -4.37. The number of carbonyl (C=O) groups is 1. The Morgan fingerprint density at radius 2 is 1.65 bits per heavy atom. The van der Waals surface area contributed by atoms with E-state index in [9.17, 15) is 23.1 Å². The number of hydrogen-bond acceptors (Lipinski definition) is 5. The van der Waals surface area contributed by atoms with Crippen LogP contribution >= 0.6 is 0 Å². The van der Waals surface area contributed by atoms with E-state index in [1.165, 1.54) is 38.5 Å². The zero-order chi connectivity index (χ0) is 24.7. The number of benzene rings is 3. The number of alkyl halides is 3. The van der Waals surface area contributed by atoms with E-state index in [1.54, 1.807) is 36.4 Å². The van der Waals surface area contributed by atoms with Crippen LogP contribution in [-0.4, -0.2) is 31.9 Å². The number of ether oxygens (including phenoxy) is 4. The van der Waals surface area contributed by atoms with Crippen LogP contribution < -0.4 is 18.9 Å². The lowest BCUT2D eigenvalue weighted by Crippen LogP contribution is -2.04. The largest absolute Gasteiger partial charge is 0.493 e. The standard InChI is InChI=1S/C25H21F3O6/c1-31-21-13-12-20(24(29)30)22(32-2)23(21)34-19-7-3-6-18(15-19)33-14-4-5-16-8-10-17(11-9-16)25(26,27)28/h3-13,15H,14H2,1-2H3,(H,29,30)/b5-4+. The molecule has 3 aromatic rings. The number of carboxylic acid groups (broad SMARTS) is 1. The summed E-state index contributed by atoms with van der Waals surface area (Å²) in [5, 5.41) is 9.39. The van der Waals surface area contributed by atoms with E-state index in [0.717, 1.165) is 12.1 Å². The third-order valence-corrected chi connectivity index (χ3v) is 4.65. The van der Waals surface area contributed by atoms with E-state index in [1.807, 2.05) is 0 Å². The van der Waals surface area contributed by atoms with Gasteiger partial charge in [0.1, 0.15) is 23.7 Å². The molecule has 3 rings (SSSR count). The summed E-state index contributed by atoms with van der Waals surface area (Å²) in [6.45, 7) is 0.158. The topological polar surface area (TPSA) is 74.2 Å². The van der Waals surface area contributed by atoms with Crippen LogP contribution in [0.4, 0.5) is 13.2 Å². The van der Waals surface area contributed by atoms with Gasteiger partial charge in [-0.2, -0.15) is 13.2 Å². The summed E-state index contributed by atoms with van der Waals surface area (Å²) < 4.78 is 59.9. The predicted molar refractivity (Wildman–Crippen MR) is 119 cm³/mol. The number of hydrogen-bond donors (Lipinski definition) is 1. The molecule has 0 atom stereocenters. The zero-order valence-corrected chi connectivity index (χ0v) is 18.3. The summed E-state index contributed by atoms with van der Waals surface area (Å²) in [6, 6.07) is 14.2. The first-order valence-corrected chi connectivity index (χ1v) is 9.95. The molecule has 0 heterocycles. The smallest absolute Gasteiger partial charge is 0.416 e. The van der Waals surface area contributed by atoms with Gasteiger partial charge in [0.05, 0.1) is 19.8 Å². The van der Waals surface area contributed by atoms with Crippen LogP contribution in [-0.2, 0) is 6.18 Å². The monoisotopic (exact) mass is 474 g/mol. The highest BCUT2D eigenvalue weighted by Gasteiger charge is 2.29. The van der Waals surface area contributed by atoms with E-state index >= 15 is 0 Å². The highest BCUT2D eigenvalue weighted by atomic mass is 19.4. The van der Waals surface area contributed by atoms with E-state index in [-0.39, 0.29) is 29.4 Å². The molecule has 6 nitrogen and oxygen atoms in total. The first kappa shape index (κ1) is 24.5. The molecule has 0 amide bonds. The van der Waals surface area contributed by atoms with Gasteiger partial charge in [0.15, 0.2) is 11.5 Å². The van der Waals surface area contributed by atoms with Gasteiger partial charge in [0.2, 0.25) is 5.75 Å². The van der Waals surface area contributed by atoms with Crippen molar-refractivity contribution in [3.63, 3.8) is 0 Å². The first-order valence-electron chi connectivity index (χ1n) is 9.95. The van der Waals surface area contributed by atoms with Crippen molar-refractivity contribution in [2.24, 2.45) is 0 Å². The molecule has 0 aliphatic heterocycles. The summed E-state index contributed by atoms with van der Waals surface area (Å²) in [7, 11) is 2.75. The maximum Gasteiger partial charge on any atom is 0.416 e. The second-order valence-electron chi connectivity index (χ2n) is 6.89. The van der Waals surface area contributed by atoms with Crippen molar-refractivity contribution in [1.29, 1.82) is 0 Å². The number of aromatic carboxylic acids is 1. The van der Waals surface area contributed by atoms with Gasteiger partial charge in [-0.25, -0.2) is 4.79 Å². The fourth-order valence-electron chi connectivity index (χ4n) is 3.03. The van der Waals surface area contributed by atoms with Gasteiger partial charge in [-0.3, -0.25) is 0 Å². The minimum Gasteiger partial charge on any atom is -0.493 e. The number of rotatable bonds is 9. The molecule has 9 heteroatoms. The minimum absolute atomic E-state index is 0.0117. The molecule has 0 spiro atoms. The van der Waals surface area contributed by atoms with E-state index in [2.05, 4.69) is 0 Å². The van der Waals surface area contributed by atoms with Gasteiger partial charge in [0, 0.05) is 6.07 Å². The summed E-state index contributed by atoms with van der Waals surface area (Å²) >= 11 is 0. The van der Waals surface area contributed by atoms with Gasteiger partial charge < -0.3 is 24.1 Å². The average Bonchev–Trinajstić information content (AvgIpc) is 2.81. The molecule has 0 fully saturated rings. The van der Waals surface area contributed by atoms with Gasteiger partial charge in [-0.15, -0.1) is 0 Å². The Bertz CT molecular complexity index is 1170. The lowest BCUT2D eigenvalue weighted by Gasteiger charge is -2.16. The van der Waals surface area contributed by atoms with Crippen LogP contribution in [0, 0.1) is 0 Å². The molecule has 0 aliphatic carbocycles.